The van der Waals surface area contributed by atoms with Gasteiger partial charge in [-0.25, -0.2) is 0 Å². The molecule has 1 aromatic carbocycles. The summed E-state index contributed by atoms with van der Waals surface area (Å²) < 4.78 is 5.30. The van der Waals surface area contributed by atoms with Crippen molar-refractivity contribution >= 4 is 5.78 Å². The third-order valence-corrected chi connectivity index (χ3v) is 2.83. The van der Waals surface area contributed by atoms with Gasteiger partial charge >= 0.3 is 0 Å². The van der Waals surface area contributed by atoms with Gasteiger partial charge in [0.15, 0.2) is 5.78 Å². The Hall–Kier alpha value is -1.35. The van der Waals surface area contributed by atoms with E-state index >= 15 is 0 Å². The van der Waals surface area contributed by atoms with E-state index in [1.165, 1.54) is 5.56 Å². The maximum Gasteiger partial charge on any atom is 0.151 e. The molecule has 0 fully saturated rings. The predicted octanol–water partition coefficient (Wildman–Crippen LogP) is 1.47. The van der Waals surface area contributed by atoms with Crippen molar-refractivity contribution in [3.05, 3.63) is 29.3 Å². The summed E-state index contributed by atoms with van der Waals surface area (Å²) in [6.07, 6.45) is 0.920. The first kappa shape index (κ1) is 10.2. The molecular weight excluding hydrogens is 190 g/mol. The van der Waals surface area contributed by atoms with E-state index in [9.17, 15) is 4.79 Å². The summed E-state index contributed by atoms with van der Waals surface area (Å²) in [4.78, 5) is 11.5. The topological polar surface area (TPSA) is 38.3 Å². The van der Waals surface area contributed by atoms with Gasteiger partial charge in [-0.2, -0.15) is 0 Å². The first-order valence-electron chi connectivity index (χ1n) is 5.13. The predicted molar refractivity (Wildman–Crippen MR) is 58.1 cm³/mol. The van der Waals surface area contributed by atoms with Gasteiger partial charge in [0.1, 0.15) is 5.75 Å². The highest BCUT2D eigenvalue weighted by Crippen LogP contribution is 2.30. The average Bonchev–Trinajstić information content (AvgIpc) is 2.27. The van der Waals surface area contributed by atoms with Crippen molar-refractivity contribution in [2.45, 2.75) is 19.4 Å². The van der Waals surface area contributed by atoms with Crippen LogP contribution in [0.25, 0.3) is 0 Å². The second kappa shape index (κ2) is 4.03. The second-order valence-electron chi connectivity index (χ2n) is 3.78. The SMILES string of the molecule is COc1cccc2c1CCNC2C(C)=O. The Morgan fingerprint density at radius 1 is 1.53 bits per heavy atom. The number of Topliss-reactive ketones (excluding diaryl/α,β-unsaturated/α-hetero) is 1. The molecule has 0 amide bonds. The summed E-state index contributed by atoms with van der Waals surface area (Å²) in [6.45, 7) is 2.45. The Bertz CT molecular complexity index is 387. The molecule has 1 aliphatic rings. The van der Waals surface area contributed by atoms with Crippen LogP contribution in [-0.2, 0) is 11.2 Å². The van der Waals surface area contributed by atoms with Gasteiger partial charge in [-0.15, -0.1) is 0 Å². The van der Waals surface area contributed by atoms with Gasteiger partial charge in [0, 0.05) is 12.1 Å². The van der Waals surface area contributed by atoms with Gasteiger partial charge in [-0.1, -0.05) is 12.1 Å². The molecule has 1 atom stereocenters. The van der Waals surface area contributed by atoms with E-state index in [4.69, 9.17) is 4.74 Å². The number of hydrogen-bond donors (Lipinski definition) is 1. The molecule has 3 nitrogen and oxygen atoms in total. The van der Waals surface area contributed by atoms with Crippen LogP contribution in [0.3, 0.4) is 0 Å². The second-order valence-corrected chi connectivity index (χ2v) is 3.78. The van der Waals surface area contributed by atoms with Crippen molar-refractivity contribution in [1.82, 2.24) is 5.32 Å². The van der Waals surface area contributed by atoms with Crippen LogP contribution in [0, 0.1) is 0 Å². The average molecular weight is 205 g/mol. The molecule has 0 bridgehead atoms. The molecule has 1 N–H and O–H groups in total. The normalized spacial score (nSPS) is 19.5. The summed E-state index contributed by atoms with van der Waals surface area (Å²) in [5.74, 6) is 1.05. The monoisotopic (exact) mass is 205 g/mol. The minimum absolute atomic E-state index is 0.157. The van der Waals surface area contributed by atoms with Crippen molar-refractivity contribution in [1.29, 1.82) is 0 Å². The lowest BCUT2D eigenvalue weighted by atomic mass is 9.91. The number of methoxy groups -OCH3 is 1. The molecule has 0 radical (unpaired) electrons. The molecule has 80 valence electrons. The Morgan fingerprint density at radius 2 is 2.33 bits per heavy atom. The van der Waals surface area contributed by atoms with Crippen LogP contribution < -0.4 is 10.1 Å². The maximum absolute atomic E-state index is 11.5. The van der Waals surface area contributed by atoms with Gasteiger partial charge < -0.3 is 10.1 Å². The smallest absolute Gasteiger partial charge is 0.151 e. The lowest BCUT2D eigenvalue weighted by Gasteiger charge is -2.26. The summed E-state index contributed by atoms with van der Waals surface area (Å²) in [6, 6.07) is 5.71. The summed E-state index contributed by atoms with van der Waals surface area (Å²) >= 11 is 0. The van der Waals surface area contributed by atoms with Crippen LogP contribution in [-0.4, -0.2) is 19.4 Å². The lowest BCUT2D eigenvalue weighted by molar-refractivity contribution is -0.119. The largest absolute Gasteiger partial charge is 0.496 e. The minimum atomic E-state index is -0.163. The summed E-state index contributed by atoms with van der Waals surface area (Å²) in [7, 11) is 1.67. The van der Waals surface area contributed by atoms with E-state index in [0.717, 1.165) is 24.3 Å². The van der Waals surface area contributed by atoms with Crippen LogP contribution in [0.5, 0.6) is 5.75 Å². The van der Waals surface area contributed by atoms with Gasteiger partial charge in [0.05, 0.1) is 13.2 Å². The highest BCUT2D eigenvalue weighted by Gasteiger charge is 2.24. The zero-order valence-corrected chi connectivity index (χ0v) is 9.04. The Labute approximate surface area is 89.4 Å². The lowest BCUT2D eigenvalue weighted by Crippen LogP contribution is -2.34. The third kappa shape index (κ3) is 1.75. The quantitative estimate of drug-likeness (QED) is 0.794. The van der Waals surface area contributed by atoms with E-state index in [1.54, 1.807) is 14.0 Å². The number of ether oxygens (including phenoxy) is 1. The van der Waals surface area contributed by atoms with Crippen LogP contribution in [0.2, 0.25) is 0 Å². The molecule has 0 aliphatic carbocycles. The number of hydrogen-bond acceptors (Lipinski definition) is 3. The number of nitrogens with one attached hydrogen (secondary N) is 1. The van der Waals surface area contributed by atoms with Crippen molar-refractivity contribution in [2.75, 3.05) is 13.7 Å². The highest BCUT2D eigenvalue weighted by molar-refractivity contribution is 5.84. The van der Waals surface area contributed by atoms with Crippen molar-refractivity contribution in [3.63, 3.8) is 0 Å². The fourth-order valence-corrected chi connectivity index (χ4v) is 2.13. The summed E-state index contributed by atoms with van der Waals surface area (Å²) in [5, 5.41) is 3.22. The number of ketones is 1. The van der Waals surface area contributed by atoms with Crippen LogP contribution in [0.15, 0.2) is 18.2 Å². The fourth-order valence-electron chi connectivity index (χ4n) is 2.13. The highest BCUT2D eigenvalue weighted by atomic mass is 16.5. The van der Waals surface area contributed by atoms with Gasteiger partial charge in [-0.05, 0) is 25.0 Å². The van der Waals surface area contributed by atoms with Crippen LogP contribution in [0.4, 0.5) is 0 Å². The molecule has 0 aromatic heterocycles. The first-order chi connectivity index (χ1) is 7.24. The number of carbonyl (C=O) groups excluding carboxylic acids is 1. The van der Waals surface area contributed by atoms with Gasteiger partial charge in [0.25, 0.3) is 0 Å². The number of benzene rings is 1. The Kier molecular flexibility index (Phi) is 2.73. The zero-order valence-electron chi connectivity index (χ0n) is 9.04. The van der Waals surface area contributed by atoms with Gasteiger partial charge in [-0.3, -0.25) is 4.79 Å². The molecule has 1 aliphatic heterocycles. The zero-order chi connectivity index (χ0) is 10.8. The fraction of sp³-hybridized carbons (Fsp3) is 0.417. The van der Waals surface area contributed by atoms with E-state index in [2.05, 4.69) is 5.32 Å². The molecular formula is C12H15NO2. The molecule has 3 heteroatoms. The van der Waals surface area contributed by atoms with Crippen molar-refractivity contribution in [3.8, 4) is 5.75 Å². The Balaban J connectivity index is 2.48. The molecule has 0 spiro atoms. The minimum Gasteiger partial charge on any atom is -0.496 e. The molecule has 1 unspecified atom stereocenters. The molecule has 1 heterocycles. The third-order valence-electron chi connectivity index (χ3n) is 2.83. The molecule has 1 aromatic rings. The van der Waals surface area contributed by atoms with Crippen LogP contribution in [0.1, 0.15) is 24.1 Å². The van der Waals surface area contributed by atoms with E-state index < -0.39 is 0 Å². The Morgan fingerprint density at radius 3 is 3.00 bits per heavy atom. The standard InChI is InChI=1S/C12H15NO2/c1-8(14)12-10-4-3-5-11(15-2)9(10)6-7-13-12/h3-5,12-13H,6-7H2,1-2H3. The first-order valence-corrected chi connectivity index (χ1v) is 5.13. The molecule has 0 saturated carbocycles. The molecule has 15 heavy (non-hydrogen) atoms. The summed E-state index contributed by atoms with van der Waals surface area (Å²) in [5.41, 5.74) is 2.23. The molecule has 2 rings (SSSR count). The molecule has 0 saturated heterocycles. The van der Waals surface area contributed by atoms with Gasteiger partial charge in [0.2, 0.25) is 0 Å². The van der Waals surface area contributed by atoms with Crippen molar-refractivity contribution in [2.24, 2.45) is 0 Å². The van der Waals surface area contributed by atoms with E-state index in [1.807, 2.05) is 18.2 Å². The maximum atomic E-state index is 11.5. The van der Waals surface area contributed by atoms with E-state index in [0.29, 0.717) is 0 Å². The number of rotatable bonds is 2. The number of fused-ring (bicyclic) bond motifs is 1. The van der Waals surface area contributed by atoms with Crippen molar-refractivity contribution < 1.29 is 9.53 Å². The number of carbonyl (C=O) groups is 1. The van der Waals surface area contributed by atoms with Crippen LogP contribution >= 0.6 is 0 Å². The van der Waals surface area contributed by atoms with E-state index in [-0.39, 0.29) is 11.8 Å².